The molecule has 0 aliphatic carbocycles. The van der Waals surface area contributed by atoms with Gasteiger partial charge in [-0.05, 0) is 48.7 Å². The van der Waals surface area contributed by atoms with Crippen LogP contribution >= 0.6 is 11.6 Å². The van der Waals surface area contributed by atoms with E-state index in [1.54, 1.807) is 24.3 Å². The Bertz CT molecular complexity index is 711. The van der Waals surface area contributed by atoms with E-state index in [4.69, 9.17) is 16.3 Å². The zero-order valence-electron chi connectivity index (χ0n) is 13.1. The summed E-state index contributed by atoms with van der Waals surface area (Å²) in [6.07, 6.45) is 0.807. The molecule has 0 spiro atoms. The number of hydrogen-bond donors (Lipinski definition) is 1. The van der Waals surface area contributed by atoms with Gasteiger partial charge in [0.2, 0.25) is 0 Å². The van der Waals surface area contributed by atoms with Gasteiger partial charge in [-0.2, -0.15) is 0 Å². The maximum absolute atomic E-state index is 12.0. The molecule has 0 saturated heterocycles. The fraction of sp³-hybridized carbons (Fsp3) is 0.222. The number of ether oxygens (including phenoxy) is 1. The van der Waals surface area contributed by atoms with Crippen LogP contribution in [0.4, 0.5) is 5.69 Å². The summed E-state index contributed by atoms with van der Waals surface area (Å²) in [5.74, 6) is -0.923. The Balaban J connectivity index is 1.95. The van der Waals surface area contributed by atoms with Crippen molar-refractivity contribution in [2.24, 2.45) is 0 Å². The number of hydrogen-bond acceptors (Lipinski definition) is 3. The Morgan fingerprint density at radius 2 is 1.83 bits per heavy atom. The van der Waals surface area contributed by atoms with E-state index in [9.17, 15) is 9.59 Å². The maximum Gasteiger partial charge on any atom is 0.338 e. The van der Waals surface area contributed by atoms with E-state index in [2.05, 4.69) is 5.32 Å². The second kappa shape index (κ2) is 7.79. The lowest BCUT2D eigenvalue weighted by Gasteiger charge is -2.13. The number of esters is 1. The molecule has 0 aromatic heterocycles. The van der Waals surface area contributed by atoms with Gasteiger partial charge in [0.05, 0.1) is 5.56 Å². The van der Waals surface area contributed by atoms with Gasteiger partial charge in [-0.1, -0.05) is 36.7 Å². The third-order valence-electron chi connectivity index (χ3n) is 3.42. The van der Waals surface area contributed by atoms with Crippen LogP contribution in [-0.2, 0) is 16.0 Å². The summed E-state index contributed by atoms with van der Waals surface area (Å²) in [7, 11) is 0. The topological polar surface area (TPSA) is 55.4 Å². The highest BCUT2D eigenvalue weighted by Gasteiger charge is 2.12. The first kappa shape index (κ1) is 17.0. The molecular formula is C18H18ClNO3. The number of amides is 1. The Hall–Kier alpha value is -2.33. The van der Waals surface area contributed by atoms with Gasteiger partial charge in [-0.3, -0.25) is 4.79 Å². The van der Waals surface area contributed by atoms with Crippen molar-refractivity contribution in [3.05, 3.63) is 64.2 Å². The number of anilines is 1. The summed E-state index contributed by atoms with van der Waals surface area (Å²) in [5, 5.41) is 3.34. The van der Waals surface area contributed by atoms with E-state index in [1.165, 1.54) is 0 Å². The molecule has 2 aromatic carbocycles. The van der Waals surface area contributed by atoms with E-state index < -0.39 is 5.97 Å². The van der Waals surface area contributed by atoms with E-state index in [-0.39, 0.29) is 12.5 Å². The average molecular weight is 332 g/mol. The number of benzene rings is 2. The highest BCUT2D eigenvalue weighted by atomic mass is 35.5. The summed E-state index contributed by atoms with van der Waals surface area (Å²) < 4.78 is 5.02. The first-order valence-electron chi connectivity index (χ1n) is 7.32. The lowest BCUT2D eigenvalue weighted by atomic mass is 10.1. The van der Waals surface area contributed by atoms with Gasteiger partial charge in [0, 0.05) is 10.7 Å². The number of carbonyl (C=O) groups excluding carboxylic acids is 2. The maximum atomic E-state index is 12.0. The number of nitrogens with one attached hydrogen (secondary N) is 1. The first-order chi connectivity index (χ1) is 11.0. The Labute approximate surface area is 140 Å². The van der Waals surface area contributed by atoms with Crippen LogP contribution in [0.5, 0.6) is 0 Å². The van der Waals surface area contributed by atoms with Crippen LogP contribution in [0.1, 0.15) is 28.4 Å². The molecule has 5 heteroatoms. The number of halogens is 1. The lowest BCUT2D eigenvalue weighted by molar-refractivity contribution is -0.119. The number of rotatable bonds is 5. The van der Waals surface area contributed by atoms with Crippen molar-refractivity contribution in [2.75, 3.05) is 11.9 Å². The third-order valence-corrected chi connectivity index (χ3v) is 3.67. The fourth-order valence-electron chi connectivity index (χ4n) is 2.18. The molecule has 1 amide bonds. The third kappa shape index (κ3) is 4.57. The number of aryl methyl sites for hydroxylation is 2. The van der Waals surface area contributed by atoms with Crippen LogP contribution in [-0.4, -0.2) is 18.5 Å². The summed E-state index contributed by atoms with van der Waals surface area (Å²) in [6.45, 7) is 3.61. The predicted octanol–water partition coefficient (Wildman–Crippen LogP) is 4.01. The van der Waals surface area contributed by atoms with Crippen LogP contribution in [0.25, 0.3) is 0 Å². The summed E-state index contributed by atoms with van der Waals surface area (Å²) in [4.78, 5) is 23.9. The minimum absolute atomic E-state index is 0.334. The fourth-order valence-corrected chi connectivity index (χ4v) is 2.30. The van der Waals surface area contributed by atoms with E-state index in [0.29, 0.717) is 10.6 Å². The summed E-state index contributed by atoms with van der Waals surface area (Å²) in [6, 6.07) is 12.1. The monoisotopic (exact) mass is 331 g/mol. The molecule has 0 atom stereocenters. The predicted molar refractivity (Wildman–Crippen MR) is 90.9 cm³/mol. The van der Waals surface area contributed by atoms with Crippen LogP contribution in [0.2, 0.25) is 5.02 Å². The van der Waals surface area contributed by atoms with Gasteiger partial charge in [0.25, 0.3) is 5.91 Å². The number of para-hydroxylation sites is 1. The van der Waals surface area contributed by atoms with Crippen molar-refractivity contribution in [2.45, 2.75) is 20.3 Å². The molecule has 23 heavy (non-hydrogen) atoms. The average Bonchev–Trinajstić information content (AvgIpc) is 2.55. The largest absolute Gasteiger partial charge is 0.452 e. The molecule has 2 aromatic rings. The van der Waals surface area contributed by atoms with E-state index in [0.717, 1.165) is 23.2 Å². The zero-order chi connectivity index (χ0) is 16.8. The SMILES string of the molecule is CCc1cccc(C)c1NC(=O)COC(=O)c1ccc(Cl)cc1. The molecule has 0 radical (unpaired) electrons. The van der Waals surface area contributed by atoms with Gasteiger partial charge in [0.1, 0.15) is 0 Å². The number of carbonyl (C=O) groups is 2. The molecule has 4 nitrogen and oxygen atoms in total. The van der Waals surface area contributed by atoms with Crippen LogP contribution in [0.15, 0.2) is 42.5 Å². The van der Waals surface area contributed by atoms with Crippen molar-refractivity contribution >= 4 is 29.2 Å². The minimum atomic E-state index is -0.558. The van der Waals surface area contributed by atoms with Gasteiger partial charge >= 0.3 is 5.97 Å². The quantitative estimate of drug-likeness (QED) is 0.842. The van der Waals surface area contributed by atoms with Crippen molar-refractivity contribution < 1.29 is 14.3 Å². The first-order valence-corrected chi connectivity index (χ1v) is 7.70. The van der Waals surface area contributed by atoms with Crippen molar-refractivity contribution in [3.63, 3.8) is 0 Å². The smallest absolute Gasteiger partial charge is 0.338 e. The second-order valence-electron chi connectivity index (χ2n) is 5.09. The van der Waals surface area contributed by atoms with Gasteiger partial charge < -0.3 is 10.1 Å². The van der Waals surface area contributed by atoms with Crippen LogP contribution in [0.3, 0.4) is 0 Å². The molecular weight excluding hydrogens is 314 g/mol. The highest BCUT2D eigenvalue weighted by Crippen LogP contribution is 2.21. The van der Waals surface area contributed by atoms with Crippen LogP contribution < -0.4 is 5.32 Å². The minimum Gasteiger partial charge on any atom is -0.452 e. The molecule has 0 aliphatic rings. The zero-order valence-corrected chi connectivity index (χ0v) is 13.8. The van der Waals surface area contributed by atoms with Crippen LogP contribution in [0, 0.1) is 6.92 Å². The molecule has 0 fully saturated rings. The standard InChI is InChI=1S/C18H18ClNO3/c1-3-13-6-4-5-12(2)17(13)20-16(21)11-23-18(22)14-7-9-15(19)10-8-14/h4-10H,3,11H2,1-2H3,(H,20,21). The molecule has 0 aliphatic heterocycles. The van der Waals surface area contributed by atoms with E-state index >= 15 is 0 Å². The lowest BCUT2D eigenvalue weighted by Crippen LogP contribution is -2.22. The Morgan fingerprint density at radius 1 is 1.13 bits per heavy atom. The molecule has 0 bridgehead atoms. The van der Waals surface area contributed by atoms with Gasteiger partial charge in [-0.15, -0.1) is 0 Å². The normalized spacial score (nSPS) is 10.2. The van der Waals surface area contributed by atoms with Gasteiger partial charge in [0.15, 0.2) is 6.61 Å². The Kier molecular flexibility index (Phi) is 5.77. The molecule has 0 unspecified atom stereocenters. The molecule has 1 N–H and O–H groups in total. The van der Waals surface area contributed by atoms with Crippen molar-refractivity contribution in [1.82, 2.24) is 0 Å². The van der Waals surface area contributed by atoms with E-state index in [1.807, 2.05) is 32.0 Å². The highest BCUT2D eigenvalue weighted by molar-refractivity contribution is 6.30. The molecule has 0 heterocycles. The van der Waals surface area contributed by atoms with Crippen molar-refractivity contribution in [1.29, 1.82) is 0 Å². The molecule has 120 valence electrons. The summed E-state index contributed by atoms with van der Waals surface area (Å²) >= 11 is 5.76. The van der Waals surface area contributed by atoms with Gasteiger partial charge in [-0.25, -0.2) is 4.79 Å². The molecule has 0 saturated carbocycles. The second-order valence-corrected chi connectivity index (χ2v) is 5.53. The molecule has 2 rings (SSSR count). The van der Waals surface area contributed by atoms with Crippen molar-refractivity contribution in [3.8, 4) is 0 Å². The summed E-state index contributed by atoms with van der Waals surface area (Å²) in [5.41, 5.74) is 3.15. The Morgan fingerprint density at radius 3 is 2.48 bits per heavy atom.